The normalized spacial score (nSPS) is 24.1. The maximum atomic E-state index is 13.9. The van der Waals surface area contributed by atoms with Crippen LogP contribution in [0, 0.1) is 5.92 Å². The molecule has 2 aromatic rings. The van der Waals surface area contributed by atoms with Crippen molar-refractivity contribution in [1.82, 2.24) is 21.3 Å². The molecule has 2 aromatic carbocycles. The Morgan fingerprint density at radius 1 is 0.976 bits per heavy atom. The smallest absolute Gasteiger partial charge is 0.246 e. The van der Waals surface area contributed by atoms with Crippen LogP contribution in [0.4, 0.5) is 0 Å². The number of rotatable bonds is 4. The molecular weight excluding hydrogens is 552 g/mol. The highest BCUT2D eigenvalue weighted by atomic mass is 35.5. The summed E-state index contributed by atoms with van der Waals surface area (Å²) >= 11 is 6.22. The zero-order chi connectivity index (χ0) is 30.1. The van der Waals surface area contributed by atoms with Gasteiger partial charge in [0.2, 0.25) is 17.7 Å². The predicted octanol–water partition coefficient (Wildman–Crippen LogP) is 4.33. The molecule has 2 aliphatic rings. The van der Waals surface area contributed by atoms with Gasteiger partial charge in [0.15, 0.2) is 0 Å². The largest absolute Gasteiger partial charge is 0.489 e. The number of hydrogen-bond acceptors (Lipinski definition) is 5. The topological polar surface area (TPSA) is 109 Å². The first-order valence-electron chi connectivity index (χ1n) is 15.3. The maximum Gasteiger partial charge on any atom is 0.246 e. The van der Waals surface area contributed by atoms with E-state index in [9.17, 15) is 14.4 Å². The van der Waals surface area contributed by atoms with E-state index >= 15 is 0 Å². The van der Waals surface area contributed by atoms with Crippen molar-refractivity contribution < 1.29 is 19.1 Å². The number of amides is 3. The highest BCUT2D eigenvalue weighted by Crippen LogP contribution is 2.31. The van der Waals surface area contributed by atoms with E-state index in [-0.39, 0.29) is 36.2 Å². The Labute approximate surface area is 254 Å². The van der Waals surface area contributed by atoms with Crippen LogP contribution in [0.15, 0.2) is 48.5 Å². The van der Waals surface area contributed by atoms with E-state index < -0.39 is 17.6 Å². The van der Waals surface area contributed by atoms with Gasteiger partial charge in [-0.2, -0.15) is 0 Å². The summed E-state index contributed by atoms with van der Waals surface area (Å²) < 4.78 is 6.30. The van der Waals surface area contributed by atoms with Gasteiger partial charge in [0, 0.05) is 24.5 Å². The van der Waals surface area contributed by atoms with Crippen LogP contribution in [-0.2, 0) is 27.2 Å². The van der Waals surface area contributed by atoms with Gasteiger partial charge in [-0.15, -0.1) is 0 Å². The van der Waals surface area contributed by atoms with Gasteiger partial charge in [0.25, 0.3) is 0 Å². The SMILES string of the molecule is CC(C)C[C@H]1NC[C@H](C)Oc2ccccc2CCCNC(=O)[C@H](Cc2cccc(Cl)c2)NC(=O)C2(CCCC2)NC1=O. The number of aryl methyl sites for hydroxylation is 1. The fraction of sp³-hybridized carbons (Fsp3) is 0.545. The van der Waals surface area contributed by atoms with Crippen molar-refractivity contribution in [2.24, 2.45) is 5.92 Å². The zero-order valence-corrected chi connectivity index (χ0v) is 25.8. The van der Waals surface area contributed by atoms with Crippen LogP contribution in [0.5, 0.6) is 5.75 Å². The first-order chi connectivity index (χ1) is 20.1. The van der Waals surface area contributed by atoms with E-state index in [0.29, 0.717) is 43.8 Å². The quantitative estimate of drug-likeness (QED) is 0.420. The van der Waals surface area contributed by atoms with Crippen LogP contribution in [0.25, 0.3) is 0 Å². The molecule has 0 aromatic heterocycles. The molecule has 1 aliphatic heterocycles. The maximum absolute atomic E-state index is 13.9. The summed E-state index contributed by atoms with van der Waals surface area (Å²) in [5.41, 5.74) is 0.840. The number of halogens is 1. The molecule has 1 saturated carbocycles. The van der Waals surface area contributed by atoms with E-state index in [1.807, 2.05) is 43.3 Å². The predicted molar refractivity (Wildman–Crippen MR) is 166 cm³/mol. The number of benzene rings is 2. The van der Waals surface area contributed by atoms with Crippen LogP contribution >= 0.6 is 11.6 Å². The lowest BCUT2D eigenvalue weighted by Crippen LogP contribution is -2.63. The Morgan fingerprint density at radius 3 is 2.48 bits per heavy atom. The van der Waals surface area contributed by atoms with E-state index in [2.05, 4.69) is 35.1 Å². The van der Waals surface area contributed by atoms with Gasteiger partial charge in [-0.1, -0.05) is 68.6 Å². The van der Waals surface area contributed by atoms with Gasteiger partial charge in [-0.05, 0) is 74.3 Å². The molecule has 0 unspecified atom stereocenters. The fourth-order valence-electron chi connectivity index (χ4n) is 5.88. The van der Waals surface area contributed by atoms with Crippen molar-refractivity contribution in [3.8, 4) is 5.75 Å². The molecule has 3 amide bonds. The average molecular weight is 597 g/mol. The van der Waals surface area contributed by atoms with Crippen LogP contribution in [-0.4, -0.2) is 54.5 Å². The summed E-state index contributed by atoms with van der Waals surface area (Å²) in [7, 11) is 0. The molecule has 0 radical (unpaired) electrons. The van der Waals surface area contributed by atoms with Gasteiger partial charge in [-0.25, -0.2) is 0 Å². The summed E-state index contributed by atoms with van der Waals surface area (Å²) in [6, 6.07) is 13.9. The van der Waals surface area contributed by atoms with Gasteiger partial charge in [0.1, 0.15) is 23.4 Å². The summed E-state index contributed by atoms with van der Waals surface area (Å²) in [4.78, 5) is 41.2. The Hall–Kier alpha value is -3.10. The minimum atomic E-state index is -1.06. The molecular formula is C33H45ClN4O4. The van der Waals surface area contributed by atoms with Crippen LogP contribution in [0.1, 0.15) is 70.4 Å². The van der Waals surface area contributed by atoms with Crippen molar-refractivity contribution in [1.29, 1.82) is 0 Å². The molecule has 1 aliphatic carbocycles. The number of fused-ring (bicyclic) bond motifs is 1. The molecule has 1 spiro atoms. The number of nitrogens with one attached hydrogen (secondary N) is 4. The molecule has 3 atom stereocenters. The van der Waals surface area contributed by atoms with Crippen molar-refractivity contribution in [2.75, 3.05) is 13.1 Å². The Kier molecular flexibility index (Phi) is 11.3. The standard InChI is InChI=1S/C33H45ClN4O4/c1-22(2)18-27-31(40)38-33(15-6-7-16-33)32(41)37-28(20-24-10-8-13-26(34)19-24)30(39)35-17-9-12-25-11-4-5-14-29(25)42-23(3)21-36-27/h4-5,8,10-11,13-14,19,22-23,27-28,36H,6-7,9,12,15-18,20-21H2,1-3H3,(H,35,39)(H,37,41)(H,38,40)/t23-,27+,28-/m0/s1. The van der Waals surface area contributed by atoms with Crippen molar-refractivity contribution >= 4 is 29.3 Å². The lowest BCUT2D eigenvalue weighted by Gasteiger charge is -2.33. The molecule has 8 nitrogen and oxygen atoms in total. The monoisotopic (exact) mass is 596 g/mol. The lowest BCUT2D eigenvalue weighted by atomic mass is 9.93. The van der Waals surface area contributed by atoms with Crippen molar-refractivity contribution in [2.45, 2.75) is 95.9 Å². The molecule has 0 bridgehead atoms. The second-order valence-electron chi connectivity index (χ2n) is 12.2. The molecule has 4 N–H and O–H groups in total. The molecule has 9 heteroatoms. The minimum Gasteiger partial charge on any atom is -0.489 e. The number of hydrogen-bond donors (Lipinski definition) is 4. The third kappa shape index (κ3) is 8.71. The second kappa shape index (κ2) is 14.9. The van der Waals surface area contributed by atoms with Gasteiger partial charge in [0.05, 0.1) is 6.04 Å². The molecule has 1 fully saturated rings. The molecule has 228 valence electrons. The van der Waals surface area contributed by atoms with Crippen LogP contribution in [0.2, 0.25) is 5.02 Å². The first kappa shape index (κ1) is 31.8. The van der Waals surface area contributed by atoms with Crippen molar-refractivity contribution in [3.05, 3.63) is 64.7 Å². The van der Waals surface area contributed by atoms with Gasteiger partial charge >= 0.3 is 0 Å². The average Bonchev–Trinajstić information content (AvgIpc) is 3.42. The summed E-state index contributed by atoms with van der Waals surface area (Å²) in [5.74, 6) is 0.291. The van der Waals surface area contributed by atoms with Gasteiger partial charge < -0.3 is 26.0 Å². The van der Waals surface area contributed by atoms with E-state index in [1.165, 1.54) is 0 Å². The summed E-state index contributed by atoms with van der Waals surface area (Å²) in [5, 5.41) is 13.2. The van der Waals surface area contributed by atoms with E-state index in [0.717, 1.165) is 36.1 Å². The van der Waals surface area contributed by atoms with E-state index in [1.54, 1.807) is 12.1 Å². The third-order valence-corrected chi connectivity index (χ3v) is 8.34. The Bertz CT molecular complexity index is 1230. The Balaban J connectivity index is 1.63. The van der Waals surface area contributed by atoms with Crippen molar-refractivity contribution in [3.63, 3.8) is 0 Å². The van der Waals surface area contributed by atoms with Crippen LogP contribution in [0.3, 0.4) is 0 Å². The third-order valence-electron chi connectivity index (χ3n) is 8.10. The number of carbonyl (C=O) groups excluding carboxylic acids is 3. The second-order valence-corrected chi connectivity index (χ2v) is 12.6. The Morgan fingerprint density at radius 2 is 1.74 bits per heavy atom. The number of ether oxygens (including phenoxy) is 1. The molecule has 1 heterocycles. The highest BCUT2D eigenvalue weighted by Gasteiger charge is 2.44. The van der Waals surface area contributed by atoms with Crippen LogP contribution < -0.4 is 26.0 Å². The molecule has 42 heavy (non-hydrogen) atoms. The summed E-state index contributed by atoms with van der Waals surface area (Å²) in [6.07, 6.45) is 4.87. The first-order valence-corrected chi connectivity index (χ1v) is 15.7. The summed E-state index contributed by atoms with van der Waals surface area (Å²) in [6.45, 7) is 7.07. The molecule has 0 saturated heterocycles. The van der Waals surface area contributed by atoms with Gasteiger partial charge in [-0.3, -0.25) is 14.4 Å². The fourth-order valence-corrected chi connectivity index (χ4v) is 6.09. The molecule has 4 rings (SSSR count). The number of carbonyl (C=O) groups is 3. The highest BCUT2D eigenvalue weighted by molar-refractivity contribution is 6.30. The zero-order valence-electron chi connectivity index (χ0n) is 25.0. The minimum absolute atomic E-state index is 0.178. The number of para-hydroxylation sites is 1. The lowest BCUT2D eigenvalue weighted by molar-refractivity contribution is -0.136. The van der Waals surface area contributed by atoms with E-state index in [4.69, 9.17) is 16.3 Å².